The number of halogens is 1. The molecule has 8 nitrogen and oxygen atoms in total. The van der Waals surface area contributed by atoms with Crippen LogP contribution < -0.4 is 4.72 Å². The quantitative estimate of drug-likeness (QED) is 0.568. The fourth-order valence-electron chi connectivity index (χ4n) is 5.62. The van der Waals surface area contributed by atoms with Gasteiger partial charge in [-0.2, -0.15) is 4.98 Å². The molecule has 1 aliphatic heterocycles. The monoisotopic (exact) mass is 469 g/mol. The molecule has 3 aliphatic rings. The minimum absolute atomic E-state index is 0.0154. The molecule has 0 spiro atoms. The summed E-state index contributed by atoms with van der Waals surface area (Å²) in [6.45, 7) is 1.67. The predicted octanol–water partition coefficient (Wildman–Crippen LogP) is 3.65. The highest BCUT2D eigenvalue weighted by atomic mass is 32.2. The average Bonchev–Trinajstić information content (AvgIpc) is 3.50. The fourth-order valence-corrected chi connectivity index (χ4v) is 6.94. The normalized spacial score (nSPS) is 27.7. The Morgan fingerprint density at radius 3 is 2.79 bits per heavy atom. The summed E-state index contributed by atoms with van der Waals surface area (Å²) in [7, 11) is -3.99. The van der Waals surface area contributed by atoms with Crippen molar-refractivity contribution < 1.29 is 26.9 Å². The standard InChI is InChI=1S/C23H20FN3O5S/c1-11-5-6-12(9-18(11)33(29,30)27-15-4-2-3-14(24)10-15)21-25-22(32-26-21)19-13-7-16-17(8-13)31-23(28)20(16)19/h2-6,9-10,13,16-17,19-20,27H,7-8H2,1H3/t13-,16+,17+,19-,20+/m1/s1. The van der Waals surface area contributed by atoms with Gasteiger partial charge in [0.15, 0.2) is 0 Å². The minimum atomic E-state index is -3.99. The number of benzene rings is 2. The van der Waals surface area contributed by atoms with E-state index in [9.17, 15) is 17.6 Å². The minimum Gasteiger partial charge on any atom is -0.462 e. The highest BCUT2D eigenvalue weighted by molar-refractivity contribution is 7.92. The summed E-state index contributed by atoms with van der Waals surface area (Å²) in [6.07, 6.45) is 1.75. The van der Waals surface area contributed by atoms with Crippen LogP contribution in [0.2, 0.25) is 0 Å². The molecule has 1 saturated heterocycles. The van der Waals surface area contributed by atoms with Crippen LogP contribution in [0.1, 0.15) is 30.2 Å². The van der Waals surface area contributed by atoms with E-state index in [1.165, 1.54) is 24.3 Å². The summed E-state index contributed by atoms with van der Waals surface area (Å²) < 4.78 is 52.9. The van der Waals surface area contributed by atoms with Gasteiger partial charge in [-0.15, -0.1) is 0 Å². The molecule has 2 heterocycles. The first kappa shape index (κ1) is 20.3. The van der Waals surface area contributed by atoms with Gasteiger partial charge in [0, 0.05) is 11.5 Å². The van der Waals surface area contributed by atoms with Crippen LogP contribution in [-0.2, 0) is 19.6 Å². The number of hydrogen-bond acceptors (Lipinski definition) is 7. The van der Waals surface area contributed by atoms with Crippen LogP contribution in [-0.4, -0.2) is 30.6 Å². The SMILES string of the molecule is Cc1ccc(-c2noc([C@@H]3[C@@H]4C[C@@H]5[C@@H]3C(=O)O[C@H]5C4)n2)cc1S(=O)(=O)Nc1cccc(F)c1. The first-order chi connectivity index (χ1) is 15.8. The fraction of sp³-hybridized carbons (Fsp3) is 0.348. The van der Waals surface area contributed by atoms with Gasteiger partial charge in [-0.1, -0.05) is 23.4 Å². The van der Waals surface area contributed by atoms with E-state index in [0.29, 0.717) is 17.0 Å². The highest BCUT2D eigenvalue weighted by Gasteiger charge is 2.63. The topological polar surface area (TPSA) is 111 Å². The third-order valence-corrected chi connectivity index (χ3v) is 8.55. The highest BCUT2D eigenvalue weighted by Crippen LogP contribution is 2.61. The van der Waals surface area contributed by atoms with Gasteiger partial charge in [0.25, 0.3) is 10.0 Å². The molecule has 2 bridgehead atoms. The van der Waals surface area contributed by atoms with Gasteiger partial charge in [0.2, 0.25) is 11.7 Å². The molecule has 0 unspecified atom stereocenters. The second-order valence-corrected chi connectivity index (χ2v) is 10.6. The van der Waals surface area contributed by atoms with Gasteiger partial charge < -0.3 is 9.26 Å². The van der Waals surface area contributed by atoms with Gasteiger partial charge in [0.1, 0.15) is 11.9 Å². The Morgan fingerprint density at radius 2 is 1.97 bits per heavy atom. The Labute approximate surface area is 189 Å². The molecule has 2 aromatic carbocycles. The number of sulfonamides is 1. The maximum Gasteiger partial charge on any atom is 0.310 e. The lowest BCUT2D eigenvalue weighted by Crippen LogP contribution is -2.24. The van der Waals surface area contributed by atoms with Gasteiger partial charge in [0.05, 0.1) is 22.4 Å². The van der Waals surface area contributed by atoms with E-state index in [4.69, 9.17) is 9.26 Å². The number of nitrogens with one attached hydrogen (secondary N) is 1. The second-order valence-electron chi connectivity index (χ2n) is 8.97. The number of fused-ring (bicyclic) bond motifs is 1. The van der Waals surface area contributed by atoms with Crippen LogP contribution in [0.5, 0.6) is 0 Å². The number of carbonyl (C=O) groups excluding carboxylic acids is 1. The molecule has 1 N–H and O–H groups in total. The van der Waals surface area contributed by atoms with Crippen LogP contribution in [0.15, 0.2) is 51.9 Å². The largest absolute Gasteiger partial charge is 0.462 e. The van der Waals surface area contributed by atoms with Gasteiger partial charge in [-0.05, 0) is 55.5 Å². The van der Waals surface area contributed by atoms with Crippen molar-refractivity contribution in [1.82, 2.24) is 10.1 Å². The zero-order valence-electron chi connectivity index (χ0n) is 17.6. The van der Waals surface area contributed by atoms with E-state index in [2.05, 4.69) is 14.9 Å². The maximum absolute atomic E-state index is 13.5. The third kappa shape index (κ3) is 3.23. The zero-order chi connectivity index (χ0) is 22.9. The summed E-state index contributed by atoms with van der Waals surface area (Å²) >= 11 is 0. The number of nitrogens with zero attached hydrogens (tertiary/aromatic N) is 2. The van der Waals surface area contributed by atoms with Crippen molar-refractivity contribution >= 4 is 21.7 Å². The summed E-state index contributed by atoms with van der Waals surface area (Å²) in [5.41, 5.74) is 1.10. The van der Waals surface area contributed by atoms with Crippen molar-refractivity contribution in [3.8, 4) is 11.4 Å². The molecule has 6 rings (SSSR count). The van der Waals surface area contributed by atoms with Crippen LogP contribution in [0.25, 0.3) is 11.4 Å². The summed E-state index contributed by atoms with van der Waals surface area (Å²) in [6, 6.07) is 10.1. The van der Waals surface area contributed by atoms with Crippen molar-refractivity contribution in [2.24, 2.45) is 17.8 Å². The van der Waals surface area contributed by atoms with E-state index in [1.54, 1.807) is 19.1 Å². The molecular formula is C23H20FN3O5S. The van der Waals surface area contributed by atoms with E-state index < -0.39 is 15.8 Å². The zero-order valence-corrected chi connectivity index (χ0v) is 18.4. The molecule has 10 heteroatoms. The first-order valence-electron chi connectivity index (χ1n) is 10.7. The molecule has 2 aliphatic carbocycles. The van der Waals surface area contributed by atoms with Crippen LogP contribution >= 0.6 is 0 Å². The number of esters is 1. The summed E-state index contributed by atoms with van der Waals surface area (Å²) in [4.78, 5) is 16.9. The smallest absolute Gasteiger partial charge is 0.310 e. The Morgan fingerprint density at radius 1 is 1.12 bits per heavy atom. The number of anilines is 1. The molecule has 33 heavy (non-hydrogen) atoms. The summed E-state index contributed by atoms with van der Waals surface area (Å²) in [5.74, 6) is -0.0140. The van der Waals surface area contributed by atoms with E-state index in [1.807, 2.05) is 0 Å². The number of carbonyl (C=O) groups is 1. The number of rotatable bonds is 5. The van der Waals surface area contributed by atoms with Crippen molar-refractivity contribution in [3.05, 3.63) is 59.7 Å². The average molecular weight is 469 g/mol. The predicted molar refractivity (Wildman–Crippen MR) is 114 cm³/mol. The number of aryl methyl sites for hydroxylation is 1. The maximum atomic E-state index is 13.5. The lowest BCUT2D eigenvalue weighted by Gasteiger charge is -2.20. The molecule has 3 fully saturated rings. The number of ether oxygens (including phenoxy) is 1. The van der Waals surface area contributed by atoms with Crippen molar-refractivity contribution in [1.29, 1.82) is 0 Å². The van der Waals surface area contributed by atoms with Crippen molar-refractivity contribution in [2.45, 2.75) is 36.7 Å². The molecule has 2 saturated carbocycles. The molecule has 0 radical (unpaired) electrons. The molecule has 3 aromatic rings. The number of hydrogen-bond donors (Lipinski definition) is 1. The van der Waals surface area contributed by atoms with Crippen LogP contribution in [0.4, 0.5) is 10.1 Å². The molecule has 1 aromatic heterocycles. The summed E-state index contributed by atoms with van der Waals surface area (Å²) in [5, 5.41) is 4.07. The van der Waals surface area contributed by atoms with Crippen LogP contribution in [0.3, 0.4) is 0 Å². The Balaban J connectivity index is 1.31. The van der Waals surface area contributed by atoms with Crippen LogP contribution in [0, 0.1) is 30.5 Å². The van der Waals surface area contributed by atoms with Crippen molar-refractivity contribution in [2.75, 3.05) is 4.72 Å². The van der Waals surface area contributed by atoms with E-state index in [-0.39, 0.29) is 52.2 Å². The van der Waals surface area contributed by atoms with E-state index in [0.717, 1.165) is 18.9 Å². The molecule has 5 atom stereocenters. The number of aromatic nitrogens is 2. The third-order valence-electron chi connectivity index (χ3n) is 7.02. The molecule has 0 amide bonds. The lowest BCUT2D eigenvalue weighted by atomic mass is 9.80. The van der Waals surface area contributed by atoms with Gasteiger partial charge in [-0.3, -0.25) is 9.52 Å². The Bertz CT molecular complexity index is 1390. The van der Waals surface area contributed by atoms with Gasteiger partial charge in [-0.25, -0.2) is 12.8 Å². The first-order valence-corrected chi connectivity index (χ1v) is 12.2. The second kappa shape index (κ2) is 7.11. The molecule has 170 valence electrons. The van der Waals surface area contributed by atoms with E-state index >= 15 is 0 Å². The van der Waals surface area contributed by atoms with Gasteiger partial charge >= 0.3 is 5.97 Å². The Hall–Kier alpha value is -3.27. The molecular weight excluding hydrogens is 449 g/mol. The lowest BCUT2D eigenvalue weighted by molar-refractivity contribution is -0.143. The van der Waals surface area contributed by atoms with Crippen molar-refractivity contribution in [3.63, 3.8) is 0 Å². The Kier molecular flexibility index (Phi) is 4.39.